The smallest absolute Gasteiger partial charge is 0.222 e. The van der Waals surface area contributed by atoms with Crippen molar-refractivity contribution in [2.45, 2.75) is 161 Å². The van der Waals surface area contributed by atoms with E-state index in [0.29, 0.717) is 5.91 Å². The van der Waals surface area contributed by atoms with E-state index in [1.54, 1.807) is 0 Å². The third-order valence-corrected chi connectivity index (χ3v) is 6.95. The summed E-state index contributed by atoms with van der Waals surface area (Å²) >= 11 is 0. The molecule has 0 aliphatic carbocycles. The second kappa shape index (κ2) is 21.7. The zero-order valence-electron chi connectivity index (χ0n) is 20.7. The van der Waals surface area contributed by atoms with Crippen LogP contribution in [0.1, 0.15) is 161 Å². The molecular formula is C28H55NO. The Morgan fingerprint density at radius 2 is 0.867 bits per heavy atom. The second-order valence-corrected chi connectivity index (χ2v) is 9.91. The number of hydrogen-bond donors (Lipinski definition) is 0. The molecule has 0 unspecified atom stereocenters. The van der Waals surface area contributed by atoms with Crippen LogP contribution in [0.5, 0.6) is 0 Å². The fraction of sp³-hybridized carbons (Fsp3) is 0.964. The van der Waals surface area contributed by atoms with Crippen molar-refractivity contribution in [2.24, 2.45) is 0 Å². The molecule has 0 aromatic carbocycles. The molecule has 178 valence electrons. The molecule has 0 aromatic rings. The maximum atomic E-state index is 11.5. The van der Waals surface area contributed by atoms with E-state index in [-0.39, 0.29) is 0 Å². The highest BCUT2D eigenvalue weighted by Gasteiger charge is 2.18. The molecule has 1 heterocycles. The predicted octanol–water partition coefficient (Wildman–Crippen LogP) is 9.21. The SMILES string of the molecule is CCCCCCCCCCCCCCCCCCCCCCCCN1CCCC1=O. The highest BCUT2D eigenvalue weighted by Crippen LogP contribution is 2.16. The van der Waals surface area contributed by atoms with Crippen LogP contribution in [0.4, 0.5) is 0 Å². The summed E-state index contributed by atoms with van der Waals surface area (Å²) in [7, 11) is 0. The van der Waals surface area contributed by atoms with Crippen molar-refractivity contribution in [1.82, 2.24) is 4.90 Å². The number of carbonyl (C=O) groups excluding carboxylic acids is 1. The topological polar surface area (TPSA) is 20.3 Å². The van der Waals surface area contributed by atoms with Gasteiger partial charge in [-0.25, -0.2) is 0 Å². The Balaban J connectivity index is 1.64. The van der Waals surface area contributed by atoms with Gasteiger partial charge in [-0.3, -0.25) is 4.79 Å². The van der Waals surface area contributed by atoms with E-state index in [4.69, 9.17) is 0 Å². The lowest BCUT2D eigenvalue weighted by molar-refractivity contribution is -0.127. The van der Waals surface area contributed by atoms with Crippen LogP contribution in [0.15, 0.2) is 0 Å². The Morgan fingerprint density at radius 1 is 0.533 bits per heavy atom. The van der Waals surface area contributed by atoms with Gasteiger partial charge in [-0.05, 0) is 12.8 Å². The molecule has 0 aromatic heterocycles. The molecule has 0 N–H and O–H groups in total. The van der Waals surface area contributed by atoms with Crippen molar-refractivity contribution in [3.63, 3.8) is 0 Å². The second-order valence-electron chi connectivity index (χ2n) is 9.91. The molecule has 1 aliphatic rings. The first-order chi connectivity index (χ1) is 14.8. The number of amides is 1. The molecule has 0 saturated carbocycles. The monoisotopic (exact) mass is 421 g/mol. The highest BCUT2D eigenvalue weighted by molar-refractivity contribution is 5.77. The molecule has 0 atom stereocenters. The van der Waals surface area contributed by atoms with Gasteiger partial charge in [-0.2, -0.15) is 0 Å². The van der Waals surface area contributed by atoms with Crippen molar-refractivity contribution in [2.75, 3.05) is 13.1 Å². The van der Waals surface area contributed by atoms with E-state index >= 15 is 0 Å². The molecule has 0 radical (unpaired) electrons. The summed E-state index contributed by atoms with van der Waals surface area (Å²) in [6, 6.07) is 0. The van der Waals surface area contributed by atoms with Crippen molar-refractivity contribution in [3.8, 4) is 0 Å². The van der Waals surface area contributed by atoms with Crippen LogP contribution in [0.2, 0.25) is 0 Å². The quantitative estimate of drug-likeness (QED) is 0.150. The molecule has 1 aliphatic heterocycles. The van der Waals surface area contributed by atoms with E-state index in [1.807, 2.05) is 0 Å². The lowest BCUT2D eigenvalue weighted by Gasteiger charge is -2.14. The van der Waals surface area contributed by atoms with E-state index < -0.39 is 0 Å². The molecule has 30 heavy (non-hydrogen) atoms. The minimum Gasteiger partial charge on any atom is -0.343 e. The van der Waals surface area contributed by atoms with E-state index in [0.717, 1.165) is 25.9 Å². The largest absolute Gasteiger partial charge is 0.343 e. The van der Waals surface area contributed by atoms with Gasteiger partial charge in [-0.1, -0.05) is 142 Å². The molecule has 0 spiro atoms. The summed E-state index contributed by atoms with van der Waals surface area (Å²) in [6.07, 6.45) is 33.3. The molecular weight excluding hydrogens is 366 g/mol. The van der Waals surface area contributed by atoms with E-state index in [9.17, 15) is 4.79 Å². The van der Waals surface area contributed by atoms with Gasteiger partial charge in [0, 0.05) is 19.5 Å². The van der Waals surface area contributed by atoms with Crippen molar-refractivity contribution < 1.29 is 4.79 Å². The minimum atomic E-state index is 0.387. The first-order valence-corrected chi connectivity index (χ1v) is 14.1. The summed E-state index contributed by atoms with van der Waals surface area (Å²) in [6.45, 7) is 4.32. The Kier molecular flexibility index (Phi) is 19.9. The Labute approximate surface area is 190 Å². The molecule has 1 amide bonds. The van der Waals surface area contributed by atoms with Crippen molar-refractivity contribution in [3.05, 3.63) is 0 Å². The number of hydrogen-bond acceptors (Lipinski definition) is 1. The van der Waals surface area contributed by atoms with Gasteiger partial charge >= 0.3 is 0 Å². The third-order valence-electron chi connectivity index (χ3n) is 6.95. The number of likely N-dealkylation sites (tertiary alicyclic amines) is 1. The van der Waals surface area contributed by atoms with Crippen LogP contribution in [0.25, 0.3) is 0 Å². The number of nitrogens with zero attached hydrogens (tertiary/aromatic N) is 1. The minimum absolute atomic E-state index is 0.387. The zero-order chi connectivity index (χ0) is 21.5. The first-order valence-electron chi connectivity index (χ1n) is 14.1. The van der Waals surface area contributed by atoms with E-state index in [2.05, 4.69) is 11.8 Å². The van der Waals surface area contributed by atoms with Gasteiger partial charge in [0.2, 0.25) is 5.91 Å². The fourth-order valence-electron chi connectivity index (χ4n) is 4.85. The fourth-order valence-corrected chi connectivity index (χ4v) is 4.85. The van der Waals surface area contributed by atoms with Gasteiger partial charge in [0.1, 0.15) is 0 Å². The van der Waals surface area contributed by atoms with Crippen LogP contribution >= 0.6 is 0 Å². The summed E-state index contributed by atoms with van der Waals surface area (Å²) < 4.78 is 0. The van der Waals surface area contributed by atoms with Crippen LogP contribution in [-0.4, -0.2) is 23.9 Å². The van der Waals surface area contributed by atoms with Crippen LogP contribution in [0.3, 0.4) is 0 Å². The normalized spacial score (nSPS) is 14.2. The Morgan fingerprint density at radius 3 is 1.17 bits per heavy atom. The molecule has 1 fully saturated rings. The maximum Gasteiger partial charge on any atom is 0.222 e. The lowest BCUT2D eigenvalue weighted by Crippen LogP contribution is -2.25. The first kappa shape index (κ1) is 27.5. The number of carbonyl (C=O) groups is 1. The Hall–Kier alpha value is -0.530. The van der Waals surface area contributed by atoms with Crippen LogP contribution < -0.4 is 0 Å². The molecule has 2 heteroatoms. The average molecular weight is 422 g/mol. The predicted molar refractivity (Wildman–Crippen MR) is 133 cm³/mol. The van der Waals surface area contributed by atoms with Gasteiger partial charge in [0.15, 0.2) is 0 Å². The molecule has 0 bridgehead atoms. The lowest BCUT2D eigenvalue weighted by atomic mass is 10.0. The van der Waals surface area contributed by atoms with E-state index in [1.165, 1.54) is 141 Å². The summed E-state index contributed by atoms with van der Waals surface area (Å²) in [5, 5.41) is 0. The van der Waals surface area contributed by atoms with Gasteiger partial charge in [0.25, 0.3) is 0 Å². The van der Waals surface area contributed by atoms with Crippen molar-refractivity contribution in [1.29, 1.82) is 0 Å². The van der Waals surface area contributed by atoms with Gasteiger partial charge in [0.05, 0.1) is 0 Å². The van der Waals surface area contributed by atoms with Crippen LogP contribution in [0, 0.1) is 0 Å². The number of rotatable bonds is 23. The summed E-state index contributed by atoms with van der Waals surface area (Å²) in [5.74, 6) is 0.387. The molecule has 1 saturated heterocycles. The zero-order valence-corrected chi connectivity index (χ0v) is 20.7. The third kappa shape index (κ3) is 17.2. The van der Waals surface area contributed by atoms with Gasteiger partial charge < -0.3 is 4.90 Å². The van der Waals surface area contributed by atoms with Gasteiger partial charge in [-0.15, -0.1) is 0 Å². The molecule has 1 rings (SSSR count). The van der Waals surface area contributed by atoms with Crippen molar-refractivity contribution >= 4 is 5.91 Å². The highest BCUT2D eigenvalue weighted by atomic mass is 16.2. The molecule has 2 nitrogen and oxygen atoms in total. The Bertz CT molecular complexity index is 368. The summed E-state index contributed by atoms with van der Waals surface area (Å²) in [5.41, 5.74) is 0. The summed E-state index contributed by atoms with van der Waals surface area (Å²) in [4.78, 5) is 13.6. The number of unbranched alkanes of at least 4 members (excludes halogenated alkanes) is 21. The standard InChI is InChI=1S/C28H55NO/c1-2-3-4-5-6-7-8-9-10-11-12-13-14-15-16-17-18-19-20-21-22-23-26-29-27-24-25-28(29)30/h2-27H2,1H3. The average Bonchev–Trinajstić information content (AvgIpc) is 3.16. The van der Waals surface area contributed by atoms with Crippen LogP contribution in [-0.2, 0) is 4.79 Å². The maximum absolute atomic E-state index is 11.5.